The smallest absolute Gasteiger partial charge is 0.235 e. The molecule has 0 heterocycles. The van der Waals surface area contributed by atoms with Gasteiger partial charge in [-0.3, -0.25) is 4.79 Å². The number of alkyl halides is 1. The van der Waals surface area contributed by atoms with Crippen molar-refractivity contribution in [2.24, 2.45) is 0 Å². The van der Waals surface area contributed by atoms with Crippen LogP contribution in [0.2, 0.25) is 0 Å². The van der Waals surface area contributed by atoms with E-state index in [0.717, 1.165) is 24.1 Å². The van der Waals surface area contributed by atoms with Gasteiger partial charge in [0.2, 0.25) is 5.91 Å². The first-order valence-electron chi connectivity index (χ1n) is 13.0. The van der Waals surface area contributed by atoms with E-state index < -0.39 is 43.9 Å². The third-order valence-electron chi connectivity index (χ3n) is 6.45. The highest BCUT2D eigenvalue weighted by Crippen LogP contribution is 2.35. The van der Waals surface area contributed by atoms with E-state index in [0.29, 0.717) is 44.8 Å². The lowest BCUT2D eigenvalue weighted by Gasteiger charge is -2.32. The molecule has 9 heteroatoms. The number of aryl methyl sites for hydroxylation is 1. The van der Waals surface area contributed by atoms with Crippen LogP contribution in [0.3, 0.4) is 0 Å². The summed E-state index contributed by atoms with van der Waals surface area (Å²) in [5.74, 6) is -2.63. The fourth-order valence-electron chi connectivity index (χ4n) is 4.71. The van der Waals surface area contributed by atoms with Gasteiger partial charge in [-0.1, -0.05) is 57.9 Å². The maximum absolute atomic E-state index is 14.3. The van der Waals surface area contributed by atoms with Crippen molar-refractivity contribution < 1.29 is 22.0 Å². The molecule has 2 aromatic rings. The average molecular weight is 557 g/mol. The van der Waals surface area contributed by atoms with Gasteiger partial charge in [0, 0.05) is 12.6 Å². The fraction of sp³-hybridized carbons (Fsp3) is 0.536. The lowest BCUT2D eigenvalue weighted by atomic mass is 10.0. The van der Waals surface area contributed by atoms with E-state index in [1.165, 1.54) is 5.56 Å². The Morgan fingerprint density at radius 1 is 0.946 bits per heavy atom. The Labute approximate surface area is 225 Å². The summed E-state index contributed by atoms with van der Waals surface area (Å²) in [4.78, 5) is 12.4. The number of benzene rings is 2. The Morgan fingerprint density at radius 3 is 2.14 bits per heavy atom. The molecular weight excluding hydrogens is 518 g/mol. The zero-order valence-electron chi connectivity index (χ0n) is 21.9. The van der Waals surface area contributed by atoms with Gasteiger partial charge < -0.3 is 10.6 Å². The summed E-state index contributed by atoms with van der Waals surface area (Å²) >= 11 is 5.75. The normalized spacial score (nSPS) is 13.5. The predicted octanol–water partition coefficient (Wildman–Crippen LogP) is 5.86. The number of rotatable bonds is 16. The van der Waals surface area contributed by atoms with Crippen LogP contribution < -0.4 is 10.6 Å². The molecule has 0 radical (unpaired) electrons. The Kier molecular flexibility index (Phi) is 13.0. The van der Waals surface area contributed by atoms with Crippen LogP contribution in [0.25, 0.3) is 0 Å². The molecule has 1 amide bonds. The quantitative estimate of drug-likeness (QED) is 0.201. The first-order valence-corrected chi connectivity index (χ1v) is 15.1. The molecule has 0 aliphatic rings. The van der Waals surface area contributed by atoms with E-state index >= 15 is 0 Å². The first-order chi connectivity index (χ1) is 17.7. The van der Waals surface area contributed by atoms with Gasteiger partial charge in [0.1, 0.15) is 22.8 Å². The Balaban J connectivity index is 2.41. The van der Waals surface area contributed by atoms with Crippen molar-refractivity contribution in [1.29, 1.82) is 0 Å². The Bertz CT molecular complexity index is 1090. The van der Waals surface area contributed by atoms with Gasteiger partial charge in [-0.15, -0.1) is 11.6 Å². The summed E-state index contributed by atoms with van der Waals surface area (Å²) in [6.07, 6.45) is 3.28. The van der Waals surface area contributed by atoms with Crippen molar-refractivity contribution in [2.45, 2.75) is 82.4 Å². The van der Waals surface area contributed by atoms with E-state index in [-0.39, 0.29) is 17.9 Å². The maximum atomic E-state index is 14.3. The Hall–Kier alpha value is -2.03. The monoisotopic (exact) mass is 556 g/mol. The Morgan fingerprint density at radius 2 is 1.57 bits per heavy atom. The van der Waals surface area contributed by atoms with Gasteiger partial charge in [-0.25, -0.2) is 17.2 Å². The van der Waals surface area contributed by atoms with Crippen LogP contribution in [-0.4, -0.2) is 38.0 Å². The lowest BCUT2D eigenvalue weighted by Crippen LogP contribution is -2.46. The molecule has 0 saturated carbocycles. The number of hydrogen-bond acceptors (Lipinski definition) is 4. The second kappa shape index (κ2) is 15.4. The van der Waals surface area contributed by atoms with Gasteiger partial charge in [0.15, 0.2) is 9.84 Å². The molecule has 5 nitrogen and oxygen atoms in total. The molecule has 2 atom stereocenters. The van der Waals surface area contributed by atoms with Gasteiger partial charge in [-0.2, -0.15) is 0 Å². The molecule has 0 aliphatic carbocycles. The molecule has 0 aliphatic heterocycles. The van der Waals surface area contributed by atoms with E-state index in [9.17, 15) is 22.0 Å². The van der Waals surface area contributed by atoms with Crippen LogP contribution >= 0.6 is 11.6 Å². The minimum absolute atomic E-state index is 0.00905. The van der Waals surface area contributed by atoms with Crippen LogP contribution in [0.4, 0.5) is 8.78 Å². The number of hydrogen-bond donors (Lipinski definition) is 2. The number of halogens is 3. The van der Waals surface area contributed by atoms with Crippen LogP contribution in [-0.2, 0) is 27.6 Å². The number of sulfone groups is 1. The van der Waals surface area contributed by atoms with Crippen molar-refractivity contribution in [1.82, 2.24) is 10.6 Å². The highest BCUT2D eigenvalue weighted by molar-refractivity contribution is 7.92. The highest BCUT2D eigenvalue weighted by atomic mass is 35.5. The molecule has 2 aromatic carbocycles. The first kappa shape index (κ1) is 31.2. The van der Waals surface area contributed by atoms with Gasteiger partial charge in [0.05, 0.1) is 11.3 Å². The molecule has 0 aromatic heterocycles. The van der Waals surface area contributed by atoms with E-state index in [4.69, 9.17) is 11.6 Å². The molecule has 206 valence electrons. The topological polar surface area (TPSA) is 75.3 Å². The maximum Gasteiger partial charge on any atom is 0.235 e. The van der Waals surface area contributed by atoms with Crippen molar-refractivity contribution >= 4 is 27.3 Å². The summed E-state index contributed by atoms with van der Waals surface area (Å²) in [6, 6.07) is 10.0. The fourth-order valence-corrected chi connectivity index (χ4v) is 7.51. The molecule has 0 bridgehead atoms. The second-order valence-corrected chi connectivity index (χ2v) is 12.0. The summed E-state index contributed by atoms with van der Waals surface area (Å²) in [5.41, 5.74) is 2.29. The number of nitrogens with one attached hydrogen (secondary N) is 2. The van der Waals surface area contributed by atoms with Gasteiger partial charge >= 0.3 is 0 Å². The van der Waals surface area contributed by atoms with E-state index in [2.05, 4.69) is 29.7 Å². The van der Waals surface area contributed by atoms with Crippen molar-refractivity contribution in [2.75, 3.05) is 12.4 Å². The van der Waals surface area contributed by atoms with Crippen molar-refractivity contribution in [3.05, 3.63) is 70.8 Å². The zero-order chi connectivity index (χ0) is 27.4. The van der Waals surface area contributed by atoms with Gasteiger partial charge in [0.25, 0.3) is 0 Å². The van der Waals surface area contributed by atoms with Crippen LogP contribution in [0, 0.1) is 11.6 Å². The summed E-state index contributed by atoms with van der Waals surface area (Å²) in [6.45, 7) is 6.82. The molecule has 1 unspecified atom stereocenters. The van der Waals surface area contributed by atoms with Crippen molar-refractivity contribution in [3.8, 4) is 0 Å². The predicted molar refractivity (Wildman–Crippen MR) is 146 cm³/mol. The summed E-state index contributed by atoms with van der Waals surface area (Å²) < 4.78 is 56.6. The third-order valence-corrected chi connectivity index (χ3v) is 9.40. The summed E-state index contributed by atoms with van der Waals surface area (Å²) in [5, 5.41) is 4.02. The average Bonchev–Trinajstić information content (AvgIpc) is 2.85. The van der Waals surface area contributed by atoms with Crippen molar-refractivity contribution in [3.63, 3.8) is 0 Å². The molecule has 2 rings (SSSR count). The van der Waals surface area contributed by atoms with Crippen LogP contribution in [0.5, 0.6) is 0 Å². The highest BCUT2D eigenvalue weighted by Gasteiger charge is 2.40. The molecule has 37 heavy (non-hydrogen) atoms. The molecular formula is C28H39ClF2N2O3S. The molecule has 0 fully saturated rings. The second-order valence-electron chi connectivity index (χ2n) is 9.36. The number of carbonyl (C=O) groups excluding carboxylic acids is 1. The minimum Gasteiger partial charge on any atom is -0.351 e. The SMILES string of the molecule is CCCC(CCC)S(=O)(=O)C(c1cc(F)cc(F)c1)[C@H](CCNCc1cccc(CC)c1)NC(=O)CCl. The zero-order valence-corrected chi connectivity index (χ0v) is 23.5. The van der Waals surface area contributed by atoms with E-state index in [1.54, 1.807) is 0 Å². The van der Waals surface area contributed by atoms with Crippen LogP contribution in [0.15, 0.2) is 42.5 Å². The standard InChI is InChI=1S/C28H39ClF2N2O3S/c1-4-8-25(9-5-2)37(35,36)28(22-15-23(30)17-24(31)16-22)26(33-27(34)18-29)12-13-32-19-21-11-7-10-20(6-3)14-21/h7,10-11,14-17,25-26,28,32H,4-6,8-9,12-13,18-19H2,1-3H3,(H,33,34)/t26-,28?/m0/s1. The number of amides is 1. The third kappa shape index (κ3) is 9.34. The minimum atomic E-state index is -3.94. The number of carbonyl (C=O) groups is 1. The van der Waals surface area contributed by atoms with Gasteiger partial charge in [-0.05, 0) is 61.1 Å². The van der Waals surface area contributed by atoms with E-state index in [1.807, 2.05) is 26.0 Å². The van der Waals surface area contributed by atoms with Crippen LogP contribution in [0.1, 0.15) is 74.8 Å². The molecule has 2 N–H and O–H groups in total. The molecule has 0 saturated heterocycles. The summed E-state index contributed by atoms with van der Waals surface area (Å²) in [7, 11) is -3.94. The molecule has 0 spiro atoms. The largest absolute Gasteiger partial charge is 0.351 e. The lowest BCUT2D eigenvalue weighted by molar-refractivity contribution is -0.119.